The van der Waals surface area contributed by atoms with E-state index in [1.807, 2.05) is 7.05 Å². The van der Waals surface area contributed by atoms with E-state index >= 15 is 0 Å². The summed E-state index contributed by atoms with van der Waals surface area (Å²) in [6, 6.07) is 8.85. The molecule has 1 aliphatic heterocycles. The molecule has 2 nitrogen and oxygen atoms in total. The lowest BCUT2D eigenvalue weighted by molar-refractivity contribution is 0.356. The third-order valence-corrected chi connectivity index (χ3v) is 4.16. The Kier molecular flexibility index (Phi) is 3.43. The normalized spacial score (nSPS) is 23.1. The van der Waals surface area contributed by atoms with Gasteiger partial charge >= 0.3 is 0 Å². The Morgan fingerprint density at radius 1 is 1.41 bits per heavy atom. The van der Waals surface area contributed by atoms with E-state index in [2.05, 4.69) is 55.3 Å². The van der Waals surface area contributed by atoms with E-state index in [0.29, 0.717) is 0 Å². The van der Waals surface area contributed by atoms with E-state index in [-0.39, 0.29) is 5.54 Å². The van der Waals surface area contributed by atoms with E-state index in [1.54, 1.807) is 0 Å². The summed E-state index contributed by atoms with van der Waals surface area (Å²) in [5.41, 5.74) is 2.96. The molecule has 1 aromatic carbocycles. The van der Waals surface area contributed by atoms with Gasteiger partial charge in [0.2, 0.25) is 0 Å². The summed E-state index contributed by atoms with van der Waals surface area (Å²) in [7, 11) is 2.05. The molecule has 2 rings (SSSR count). The van der Waals surface area contributed by atoms with Gasteiger partial charge in [-0.05, 0) is 64.4 Å². The summed E-state index contributed by atoms with van der Waals surface area (Å²) in [4.78, 5) is 2.56. The average Bonchev–Trinajstić information content (AvgIpc) is 2.55. The molecular formula is C15H24N2. The number of anilines is 1. The van der Waals surface area contributed by atoms with Crippen LogP contribution in [0.4, 0.5) is 5.69 Å². The molecule has 0 aliphatic carbocycles. The highest BCUT2D eigenvalue weighted by atomic mass is 15.2. The van der Waals surface area contributed by atoms with Gasteiger partial charge in [-0.25, -0.2) is 0 Å². The zero-order chi connectivity index (χ0) is 12.5. The van der Waals surface area contributed by atoms with Crippen LogP contribution in [-0.2, 0) is 0 Å². The zero-order valence-electron chi connectivity index (χ0n) is 11.5. The SMILES string of the molecule is CNCC1CCN(c2cccc(C)c2)C1(C)C. The van der Waals surface area contributed by atoms with Gasteiger partial charge in [0.1, 0.15) is 0 Å². The first-order valence-electron chi connectivity index (χ1n) is 6.54. The first kappa shape index (κ1) is 12.4. The fraction of sp³-hybridized carbons (Fsp3) is 0.600. The van der Waals surface area contributed by atoms with Crippen molar-refractivity contribution >= 4 is 5.69 Å². The minimum Gasteiger partial charge on any atom is -0.366 e. The van der Waals surface area contributed by atoms with Crippen LogP contribution in [0.2, 0.25) is 0 Å². The maximum Gasteiger partial charge on any atom is 0.0386 e. The zero-order valence-corrected chi connectivity index (χ0v) is 11.5. The van der Waals surface area contributed by atoms with Crippen LogP contribution in [0, 0.1) is 12.8 Å². The maximum absolute atomic E-state index is 3.32. The Hall–Kier alpha value is -1.02. The van der Waals surface area contributed by atoms with Gasteiger partial charge in [0.05, 0.1) is 0 Å². The van der Waals surface area contributed by atoms with Crippen molar-refractivity contribution in [2.75, 3.05) is 25.0 Å². The van der Waals surface area contributed by atoms with Crippen LogP contribution in [0.5, 0.6) is 0 Å². The van der Waals surface area contributed by atoms with Gasteiger partial charge in [-0.1, -0.05) is 12.1 Å². The second kappa shape index (κ2) is 4.69. The third kappa shape index (κ3) is 2.32. The minimum atomic E-state index is 0.247. The molecule has 1 fully saturated rings. The summed E-state index contributed by atoms with van der Waals surface area (Å²) in [5, 5.41) is 3.32. The van der Waals surface area contributed by atoms with E-state index in [1.165, 1.54) is 24.2 Å². The van der Waals surface area contributed by atoms with E-state index < -0.39 is 0 Å². The van der Waals surface area contributed by atoms with Gasteiger partial charge in [0.25, 0.3) is 0 Å². The van der Waals surface area contributed by atoms with Crippen molar-refractivity contribution < 1.29 is 0 Å². The molecule has 94 valence electrons. The van der Waals surface area contributed by atoms with Crippen LogP contribution in [0.3, 0.4) is 0 Å². The summed E-state index contributed by atoms with van der Waals surface area (Å²) in [6.07, 6.45) is 1.28. The summed E-state index contributed by atoms with van der Waals surface area (Å²) in [5.74, 6) is 0.730. The fourth-order valence-electron chi connectivity index (χ4n) is 3.00. The van der Waals surface area contributed by atoms with E-state index in [4.69, 9.17) is 0 Å². The molecule has 1 aromatic rings. The monoisotopic (exact) mass is 232 g/mol. The molecule has 1 heterocycles. The second-order valence-electron chi connectivity index (χ2n) is 5.69. The van der Waals surface area contributed by atoms with Crippen LogP contribution in [0.25, 0.3) is 0 Å². The molecular weight excluding hydrogens is 208 g/mol. The highest BCUT2D eigenvalue weighted by Gasteiger charge is 2.40. The lowest BCUT2D eigenvalue weighted by atomic mass is 9.88. The highest BCUT2D eigenvalue weighted by Crippen LogP contribution is 2.37. The predicted octanol–water partition coefficient (Wildman–Crippen LogP) is 2.82. The predicted molar refractivity (Wildman–Crippen MR) is 74.6 cm³/mol. The van der Waals surface area contributed by atoms with E-state index in [0.717, 1.165) is 12.5 Å². The summed E-state index contributed by atoms with van der Waals surface area (Å²) >= 11 is 0. The smallest absolute Gasteiger partial charge is 0.0386 e. The number of hydrogen-bond donors (Lipinski definition) is 1. The van der Waals surface area contributed by atoms with Crippen molar-refractivity contribution in [3.63, 3.8) is 0 Å². The van der Waals surface area contributed by atoms with Crippen molar-refractivity contribution in [1.82, 2.24) is 5.32 Å². The molecule has 1 N–H and O–H groups in total. The average molecular weight is 232 g/mol. The fourth-order valence-corrected chi connectivity index (χ4v) is 3.00. The third-order valence-electron chi connectivity index (χ3n) is 4.16. The molecule has 0 aromatic heterocycles. The van der Waals surface area contributed by atoms with Crippen LogP contribution in [-0.4, -0.2) is 25.7 Å². The van der Waals surface area contributed by atoms with Crippen LogP contribution in [0.15, 0.2) is 24.3 Å². The van der Waals surface area contributed by atoms with Crippen LogP contribution >= 0.6 is 0 Å². The Labute approximate surface area is 105 Å². The van der Waals surface area contributed by atoms with Gasteiger partial charge < -0.3 is 10.2 Å². The van der Waals surface area contributed by atoms with Gasteiger partial charge in [-0.2, -0.15) is 0 Å². The van der Waals surface area contributed by atoms with Crippen molar-refractivity contribution in [1.29, 1.82) is 0 Å². The molecule has 0 bridgehead atoms. The maximum atomic E-state index is 3.32. The van der Waals surface area contributed by atoms with Gasteiger partial charge in [-0.3, -0.25) is 0 Å². The number of hydrogen-bond acceptors (Lipinski definition) is 2. The quantitative estimate of drug-likeness (QED) is 0.862. The largest absolute Gasteiger partial charge is 0.366 e. The molecule has 0 saturated carbocycles. The van der Waals surface area contributed by atoms with Crippen LogP contribution in [0.1, 0.15) is 25.8 Å². The minimum absolute atomic E-state index is 0.247. The van der Waals surface area contributed by atoms with Gasteiger partial charge in [-0.15, -0.1) is 0 Å². The summed E-state index contributed by atoms with van der Waals surface area (Å²) < 4.78 is 0. The lowest BCUT2D eigenvalue weighted by Gasteiger charge is -2.38. The van der Waals surface area contributed by atoms with E-state index in [9.17, 15) is 0 Å². The molecule has 1 unspecified atom stereocenters. The number of benzene rings is 1. The first-order valence-corrected chi connectivity index (χ1v) is 6.54. The Bertz CT molecular complexity index is 384. The van der Waals surface area contributed by atoms with Crippen molar-refractivity contribution in [2.45, 2.75) is 32.7 Å². The molecule has 1 saturated heterocycles. The number of aryl methyl sites for hydroxylation is 1. The number of rotatable bonds is 3. The first-order chi connectivity index (χ1) is 8.05. The molecule has 0 amide bonds. The molecule has 0 radical (unpaired) electrons. The van der Waals surface area contributed by atoms with Gasteiger partial charge in [0.15, 0.2) is 0 Å². The van der Waals surface area contributed by atoms with Crippen molar-refractivity contribution in [3.05, 3.63) is 29.8 Å². The molecule has 0 spiro atoms. The second-order valence-corrected chi connectivity index (χ2v) is 5.69. The van der Waals surface area contributed by atoms with Gasteiger partial charge in [0, 0.05) is 17.8 Å². The van der Waals surface area contributed by atoms with Crippen molar-refractivity contribution in [3.8, 4) is 0 Å². The Morgan fingerprint density at radius 3 is 2.82 bits per heavy atom. The Balaban J connectivity index is 2.23. The summed E-state index contributed by atoms with van der Waals surface area (Å²) in [6.45, 7) is 9.17. The molecule has 1 aliphatic rings. The highest BCUT2D eigenvalue weighted by molar-refractivity contribution is 5.52. The molecule has 17 heavy (non-hydrogen) atoms. The standard InChI is InChI=1S/C15H24N2/c1-12-6-5-7-14(10-12)17-9-8-13(11-16-4)15(17,2)3/h5-7,10,13,16H,8-9,11H2,1-4H3. The topological polar surface area (TPSA) is 15.3 Å². The number of nitrogens with zero attached hydrogens (tertiary/aromatic N) is 1. The molecule has 2 heteroatoms. The molecule has 1 atom stereocenters. The Morgan fingerprint density at radius 2 is 2.18 bits per heavy atom. The van der Waals surface area contributed by atoms with Crippen LogP contribution < -0.4 is 10.2 Å². The number of nitrogens with one attached hydrogen (secondary N) is 1. The lowest BCUT2D eigenvalue weighted by Crippen LogP contribution is -2.45. The van der Waals surface area contributed by atoms with Crippen molar-refractivity contribution in [2.24, 2.45) is 5.92 Å².